The van der Waals surface area contributed by atoms with Crippen molar-refractivity contribution >= 4 is 15.9 Å². The maximum absolute atomic E-state index is 9.34. The van der Waals surface area contributed by atoms with Gasteiger partial charge in [-0.05, 0) is 29.8 Å². The molecule has 0 saturated carbocycles. The molecular weight excluding hydrogens is 198 g/mol. The average molecular weight is 206 g/mol. The standard InChI is InChI=1S/C5H8BrN3O/c1-5(2,10)9-3-4(6)7-8-9/h3,10H,1-2H3. The van der Waals surface area contributed by atoms with Gasteiger partial charge in [0, 0.05) is 0 Å². The van der Waals surface area contributed by atoms with Crippen molar-refractivity contribution in [2.45, 2.75) is 19.6 Å². The minimum Gasteiger partial charge on any atom is -0.370 e. The summed E-state index contributed by atoms with van der Waals surface area (Å²) in [5.74, 6) is 0. The third-order valence-electron chi connectivity index (χ3n) is 1.03. The molecule has 0 radical (unpaired) electrons. The zero-order chi connectivity index (χ0) is 7.78. The summed E-state index contributed by atoms with van der Waals surface area (Å²) in [5, 5.41) is 16.7. The maximum Gasteiger partial charge on any atom is 0.153 e. The predicted molar refractivity (Wildman–Crippen MR) is 39.3 cm³/mol. The summed E-state index contributed by atoms with van der Waals surface area (Å²) in [4.78, 5) is 0. The minimum absolute atomic E-state index is 0.620. The van der Waals surface area contributed by atoms with E-state index in [1.807, 2.05) is 0 Å². The van der Waals surface area contributed by atoms with Crippen molar-refractivity contribution in [2.75, 3.05) is 0 Å². The minimum atomic E-state index is -0.973. The molecule has 0 aliphatic carbocycles. The van der Waals surface area contributed by atoms with Crippen molar-refractivity contribution in [2.24, 2.45) is 0 Å². The average Bonchev–Trinajstić information content (AvgIpc) is 2.11. The molecule has 0 saturated heterocycles. The van der Waals surface area contributed by atoms with Crippen LogP contribution in [0.4, 0.5) is 0 Å². The van der Waals surface area contributed by atoms with E-state index in [2.05, 4.69) is 26.2 Å². The van der Waals surface area contributed by atoms with Crippen molar-refractivity contribution < 1.29 is 5.11 Å². The number of aromatic nitrogens is 3. The predicted octanol–water partition coefficient (Wildman–Crippen LogP) is 0.726. The number of hydrogen-bond acceptors (Lipinski definition) is 3. The van der Waals surface area contributed by atoms with Gasteiger partial charge < -0.3 is 5.11 Å². The van der Waals surface area contributed by atoms with Gasteiger partial charge in [-0.3, -0.25) is 0 Å². The fourth-order valence-electron chi connectivity index (χ4n) is 0.511. The van der Waals surface area contributed by atoms with E-state index in [0.717, 1.165) is 0 Å². The lowest BCUT2D eigenvalue weighted by Crippen LogP contribution is -2.25. The summed E-state index contributed by atoms with van der Waals surface area (Å²) in [5.41, 5.74) is -0.973. The molecule has 0 amide bonds. The van der Waals surface area contributed by atoms with E-state index in [9.17, 15) is 5.11 Å². The maximum atomic E-state index is 9.34. The number of hydrogen-bond donors (Lipinski definition) is 1. The van der Waals surface area contributed by atoms with Crippen LogP contribution in [0.15, 0.2) is 10.8 Å². The molecule has 0 fully saturated rings. The molecule has 1 aromatic rings. The van der Waals surface area contributed by atoms with Crippen LogP contribution in [-0.4, -0.2) is 20.1 Å². The van der Waals surface area contributed by atoms with Gasteiger partial charge in [0.15, 0.2) is 5.72 Å². The highest BCUT2D eigenvalue weighted by Crippen LogP contribution is 2.11. The van der Waals surface area contributed by atoms with E-state index < -0.39 is 5.72 Å². The van der Waals surface area contributed by atoms with Gasteiger partial charge in [0.2, 0.25) is 0 Å². The van der Waals surface area contributed by atoms with E-state index in [4.69, 9.17) is 0 Å². The number of aliphatic hydroxyl groups is 1. The van der Waals surface area contributed by atoms with Gasteiger partial charge in [0.25, 0.3) is 0 Å². The Morgan fingerprint density at radius 3 is 2.50 bits per heavy atom. The van der Waals surface area contributed by atoms with E-state index in [1.54, 1.807) is 20.0 Å². The van der Waals surface area contributed by atoms with Crippen LogP contribution in [0.2, 0.25) is 0 Å². The first-order valence-electron chi connectivity index (χ1n) is 2.81. The monoisotopic (exact) mass is 205 g/mol. The zero-order valence-electron chi connectivity index (χ0n) is 5.74. The van der Waals surface area contributed by atoms with Crippen LogP contribution >= 0.6 is 15.9 Å². The lowest BCUT2D eigenvalue weighted by molar-refractivity contribution is -0.0120. The molecule has 0 aromatic carbocycles. The van der Waals surface area contributed by atoms with Crippen molar-refractivity contribution in [3.05, 3.63) is 10.8 Å². The molecule has 0 unspecified atom stereocenters. The second kappa shape index (κ2) is 2.32. The van der Waals surface area contributed by atoms with Gasteiger partial charge in [-0.15, -0.1) is 5.10 Å². The summed E-state index contributed by atoms with van der Waals surface area (Å²) in [7, 11) is 0. The Morgan fingerprint density at radius 1 is 1.70 bits per heavy atom. The van der Waals surface area contributed by atoms with Crippen molar-refractivity contribution in [1.29, 1.82) is 0 Å². The van der Waals surface area contributed by atoms with Crippen molar-refractivity contribution in [1.82, 2.24) is 15.0 Å². The summed E-state index contributed by atoms with van der Waals surface area (Å²) in [6.07, 6.45) is 1.61. The first kappa shape index (κ1) is 7.68. The van der Waals surface area contributed by atoms with Crippen LogP contribution in [-0.2, 0) is 5.72 Å². The Morgan fingerprint density at radius 2 is 2.30 bits per heavy atom. The molecule has 10 heavy (non-hydrogen) atoms. The van der Waals surface area contributed by atoms with Gasteiger partial charge >= 0.3 is 0 Å². The Bertz CT molecular complexity index is 227. The molecule has 0 atom stereocenters. The molecular formula is C5H8BrN3O. The Kier molecular flexibility index (Phi) is 1.78. The smallest absolute Gasteiger partial charge is 0.153 e. The third kappa shape index (κ3) is 1.54. The van der Waals surface area contributed by atoms with Crippen LogP contribution in [0.25, 0.3) is 0 Å². The summed E-state index contributed by atoms with van der Waals surface area (Å²) >= 11 is 3.12. The van der Waals surface area contributed by atoms with Crippen LogP contribution in [0.5, 0.6) is 0 Å². The molecule has 5 heteroatoms. The highest BCUT2D eigenvalue weighted by molar-refractivity contribution is 9.10. The fourth-order valence-corrected chi connectivity index (χ4v) is 0.776. The van der Waals surface area contributed by atoms with Crippen LogP contribution in [0.1, 0.15) is 13.8 Å². The van der Waals surface area contributed by atoms with E-state index in [1.165, 1.54) is 4.68 Å². The largest absolute Gasteiger partial charge is 0.370 e. The summed E-state index contributed by atoms with van der Waals surface area (Å²) in [6.45, 7) is 3.27. The van der Waals surface area contributed by atoms with Gasteiger partial charge in [0.1, 0.15) is 4.60 Å². The van der Waals surface area contributed by atoms with E-state index in [-0.39, 0.29) is 0 Å². The van der Waals surface area contributed by atoms with E-state index >= 15 is 0 Å². The molecule has 0 aliphatic rings. The SMILES string of the molecule is CC(C)(O)n1cc(Br)nn1. The molecule has 0 spiro atoms. The first-order valence-corrected chi connectivity index (χ1v) is 3.60. The zero-order valence-corrected chi connectivity index (χ0v) is 7.33. The third-order valence-corrected chi connectivity index (χ3v) is 1.39. The lowest BCUT2D eigenvalue weighted by Gasteiger charge is -2.15. The molecule has 1 N–H and O–H groups in total. The van der Waals surface area contributed by atoms with Crippen LogP contribution in [0.3, 0.4) is 0 Å². The molecule has 4 nitrogen and oxygen atoms in total. The van der Waals surface area contributed by atoms with Gasteiger partial charge in [-0.25, -0.2) is 4.68 Å². The molecule has 1 rings (SSSR count). The number of halogens is 1. The topological polar surface area (TPSA) is 50.9 Å². The van der Waals surface area contributed by atoms with Crippen molar-refractivity contribution in [3.63, 3.8) is 0 Å². The Labute approximate surface area is 67.0 Å². The highest BCUT2D eigenvalue weighted by atomic mass is 79.9. The molecule has 0 aliphatic heterocycles. The van der Waals surface area contributed by atoms with Crippen molar-refractivity contribution in [3.8, 4) is 0 Å². The fraction of sp³-hybridized carbons (Fsp3) is 0.600. The molecule has 56 valence electrons. The Hall–Kier alpha value is -0.420. The highest BCUT2D eigenvalue weighted by Gasteiger charge is 2.15. The second-order valence-corrected chi connectivity index (χ2v) is 3.29. The second-order valence-electron chi connectivity index (χ2n) is 2.48. The van der Waals surface area contributed by atoms with Gasteiger partial charge in [-0.2, -0.15) is 0 Å². The van der Waals surface area contributed by atoms with Crippen LogP contribution < -0.4 is 0 Å². The molecule has 0 bridgehead atoms. The quantitative estimate of drug-likeness (QED) is 0.736. The number of rotatable bonds is 1. The molecule has 1 aromatic heterocycles. The number of nitrogens with zero attached hydrogens (tertiary/aromatic N) is 3. The molecule has 1 heterocycles. The Balaban J connectivity index is 2.96. The van der Waals surface area contributed by atoms with Gasteiger partial charge in [-0.1, -0.05) is 5.21 Å². The van der Waals surface area contributed by atoms with E-state index in [0.29, 0.717) is 4.60 Å². The van der Waals surface area contributed by atoms with Crippen LogP contribution in [0, 0.1) is 0 Å². The van der Waals surface area contributed by atoms with Gasteiger partial charge in [0.05, 0.1) is 6.20 Å². The first-order chi connectivity index (χ1) is 4.50. The lowest BCUT2D eigenvalue weighted by atomic mass is 10.3. The normalized spacial score (nSPS) is 12.0. The summed E-state index contributed by atoms with van der Waals surface area (Å²) < 4.78 is 1.99. The summed E-state index contributed by atoms with van der Waals surface area (Å²) in [6, 6.07) is 0.